The van der Waals surface area contributed by atoms with E-state index in [9.17, 15) is 4.79 Å². The van der Waals surface area contributed by atoms with Gasteiger partial charge in [-0.25, -0.2) is 0 Å². The fraction of sp³-hybridized carbons (Fsp3) is 0.300. The molecule has 0 amide bonds. The van der Waals surface area contributed by atoms with E-state index in [1.807, 2.05) is 20.8 Å². The zero-order valence-corrected chi connectivity index (χ0v) is 7.51. The van der Waals surface area contributed by atoms with Crippen LogP contribution in [0.2, 0.25) is 0 Å². The lowest BCUT2D eigenvalue weighted by atomic mass is 10.1. The average molecular weight is 164 g/mol. The molecule has 2 nitrogen and oxygen atoms in total. The number of aliphatic hydroxyl groups is 1. The first kappa shape index (κ1) is 8.78. The summed E-state index contributed by atoms with van der Waals surface area (Å²) in [4.78, 5) is 10.6. The van der Waals surface area contributed by atoms with Crippen LogP contribution in [0.3, 0.4) is 0 Å². The van der Waals surface area contributed by atoms with Gasteiger partial charge in [-0.1, -0.05) is 0 Å². The van der Waals surface area contributed by atoms with Crippen LogP contribution in [0.5, 0.6) is 0 Å². The molecule has 1 N–H and O–H groups in total. The van der Waals surface area contributed by atoms with E-state index < -0.39 is 0 Å². The lowest BCUT2D eigenvalue weighted by molar-refractivity contribution is -0.104. The predicted octanol–water partition coefficient (Wildman–Crippen LogP) is 2.29. The Balaban J connectivity index is 3.32. The topological polar surface area (TPSA) is 37.3 Å². The Labute approximate surface area is 71.9 Å². The second kappa shape index (κ2) is 2.97. The molecule has 64 valence electrons. The molecule has 0 heterocycles. The number of carbonyl (C=O) groups is 1. The normalized spacial score (nSPS) is 21.1. The number of allylic oxidation sites excluding steroid dienone is 5. The maximum atomic E-state index is 10.6. The Hall–Kier alpha value is -1.31. The number of aldehydes is 1. The van der Waals surface area contributed by atoms with Crippen molar-refractivity contribution in [3.63, 3.8) is 0 Å². The van der Waals surface area contributed by atoms with E-state index >= 15 is 0 Å². The van der Waals surface area contributed by atoms with Gasteiger partial charge in [0.05, 0.1) is 6.26 Å². The van der Waals surface area contributed by atoms with Gasteiger partial charge in [0.25, 0.3) is 0 Å². The summed E-state index contributed by atoms with van der Waals surface area (Å²) in [6, 6.07) is 0. The van der Waals surface area contributed by atoms with Crippen LogP contribution in [0.25, 0.3) is 0 Å². The van der Waals surface area contributed by atoms with Gasteiger partial charge in [-0.15, -0.1) is 0 Å². The van der Waals surface area contributed by atoms with Gasteiger partial charge in [-0.3, -0.25) is 4.79 Å². The SMILES string of the molecule is CC1=C(C)C(C)=C(C=O)C1=CO. The highest BCUT2D eigenvalue weighted by atomic mass is 16.2. The molecule has 0 aliphatic heterocycles. The highest BCUT2D eigenvalue weighted by Crippen LogP contribution is 2.34. The van der Waals surface area contributed by atoms with Crippen LogP contribution >= 0.6 is 0 Å². The smallest absolute Gasteiger partial charge is 0.151 e. The van der Waals surface area contributed by atoms with Gasteiger partial charge in [0.2, 0.25) is 0 Å². The first-order valence-electron chi connectivity index (χ1n) is 3.82. The third-order valence-electron chi connectivity index (χ3n) is 2.47. The molecule has 0 saturated heterocycles. The Kier molecular flexibility index (Phi) is 2.18. The Bertz CT molecular complexity index is 317. The summed E-state index contributed by atoms with van der Waals surface area (Å²) >= 11 is 0. The van der Waals surface area contributed by atoms with E-state index in [0.29, 0.717) is 11.1 Å². The van der Waals surface area contributed by atoms with Crippen molar-refractivity contribution in [1.82, 2.24) is 0 Å². The summed E-state index contributed by atoms with van der Waals surface area (Å²) in [6.07, 6.45) is 1.79. The fourth-order valence-electron chi connectivity index (χ4n) is 1.41. The standard InChI is InChI=1S/C10H12O2/c1-6-7(2)9(4-11)10(5-12)8(6)3/h4-5,11H,1-3H3. The van der Waals surface area contributed by atoms with Crippen molar-refractivity contribution in [3.05, 3.63) is 34.1 Å². The molecule has 0 radical (unpaired) electrons. The first-order chi connectivity index (χ1) is 5.63. The van der Waals surface area contributed by atoms with Gasteiger partial charge in [0.1, 0.15) is 0 Å². The van der Waals surface area contributed by atoms with E-state index in [4.69, 9.17) is 5.11 Å². The number of hydrogen-bond acceptors (Lipinski definition) is 2. The average Bonchev–Trinajstić information content (AvgIpc) is 2.29. The Morgan fingerprint density at radius 1 is 1.08 bits per heavy atom. The van der Waals surface area contributed by atoms with E-state index in [2.05, 4.69) is 0 Å². The summed E-state index contributed by atoms with van der Waals surface area (Å²) in [6.45, 7) is 5.74. The fourth-order valence-corrected chi connectivity index (χ4v) is 1.41. The molecule has 0 saturated carbocycles. The minimum absolute atomic E-state index is 0.604. The van der Waals surface area contributed by atoms with Crippen LogP contribution in [0.1, 0.15) is 20.8 Å². The third-order valence-corrected chi connectivity index (χ3v) is 2.47. The van der Waals surface area contributed by atoms with Crippen molar-refractivity contribution in [2.24, 2.45) is 0 Å². The molecule has 1 rings (SSSR count). The molecule has 0 unspecified atom stereocenters. The number of rotatable bonds is 1. The number of hydrogen-bond donors (Lipinski definition) is 1. The molecule has 0 atom stereocenters. The quantitative estimate of drug-likeness (QED) is 0.477. The second-order valence-electron chi connectivity index (χ2n) is 2.95. The van der Waals surface area contributed by atoms with Crippen LogP contribution in [-0.4, -0.2) is 11.4 Å². The minimum Gasteiger partial charge on any atom is -0.515 e. The van der Waals surface area contributed by atoms with Crippen molar-refractivity contribution in [2.45, 2.75) is 20.8 Å². The Morgan fingerprint density at radius 2 is 1.67 bits per heavy atom. The predicted molar refractivity (Wildman–Crippen MR) is 47.8 cm³/mol. The summed E-state index contributed by atoms with van der Waals surface area (Å²) in [5, 5.41) is 8.88. The summed E-state index contributed by atoms with van der Waals surface area (Å²) in [7, 11) is 0. The largest absolute Gasteiger partial charge is 0.515 e. The molecule has 1 aliphatic rings. The maximum Gasteiger partial charge on any atom is 0.151 e. The van der Waals surface area contributed by atoms with Crippen LogP contribution < -0.4 is 0 Å². The molecule has 0 aromatic carbocycles. The van der Waals surface area contributed by atoms with Crippen LogP contribution in [-0.2, 0) is 4.79 Å². The molecule has 0 bridgehead atoms. The van der Waals surface area contributed by atoms with Crippen molar-refractivity contribution in [3.8, 4) is 0 Å². The van der Waals surface area contributed by atoms with E-state index in [1.165, 1.54) is 0 Å². The van der Waals surface area contributed by atoms with Gasteiger partial charge < -0.3 is 5.11 Å². The molecule has 0 spiro atoms. The molecule has 0 aromatic rings. The van der Waals surface area contributed by atoms with E-state index in [1.54, 1.807) is 0 Å². The van der Waals surface area contributed by atoms with Gasteiger partial charge in [-0.05, 0) is 37.5 Å². The van der Waals surface area contributed by atoms with Gasteiger partial charge >= 0.3 is 0 Å². The van der Waals surface area contributed by atoms with Crippen molar-refractivity contribution in [2.75, 3.05) is 0 Å². The highest BCUT2D eigenvalue weighted by molar-refractivity contribution is 5.88. The second-order valence-corrected chi connectivity index (χ2v) is 2.95. The molecule has 1 aliphatic carbocycles. The number of carbonyl (C=O) groups excluding carboxylic acids is 1. The number of aliphatic hydroxyl groups excluding tert-OH is 1. The van der Waals surface area contributed by atoms with Crippen molar-refractivity contribution in [1.29, 1.82) is 0 Å². The monoisotopic (exact) mass is 164 g/mol. The zero-order valence-electron chi connectivity index (χ0n) is 7.51. The van der Waals surface area contributed by atoms with Gasteiger partial charge in [-0.2, -0.15) is 0 Å². The zero-order chi connectivity index (χ0) is 9.30. The van der Waals surface area contributed by atoms with Crippen molar-refractivity contribution < 1.29 is 9.90 Å². The van der Waals surface area contributed by atoms with E-state index in [0.717, 1.165) is 29.3 Å². The minimum atomic E-state index is 0.604. The lowest BCUT2D eigenvalue weighted by Gasteiger charge is -1.97. The van der Waals surface area contributed by atoms with Gasteiger partial charge in [0.15, 0.2) is 6.29 Å². The maximum absolute atomic E-state index is 10.6. The van der Waals surface area contributed by atoms with Crippen LogP contribution in [0.4, 0.5) is 0 Å². The summed E-state index contributed by atoms with van der Waals surface area (Å²) in [5.74, 6) is 0. The first-order valence-corrected chi connectivity index (χ1v) is 3.82. The molecule has 2 heteroatoms. The summed E-state index contributed by atoms with van der Waals surface area (Å²) in [5.41, 5.74) is 4.28. The summed E-state index contributed by atoms with van der Waals surface area (Å²) < 4.78 is 0. The van der Waals surface area contributed by atoms with Gasteiger partial charge in [0, 0.05) is 11.1 Å². The molecular weight excluding hydrogens is 152 g/mol. The highest BCUT2D eigenvalue weighted by Gasteiger charge is 2.20. The van der Waals surface area contributed by atoms with Crippen molar-refractivity contribution >= 4 is 6.29 Å². The molecule has 0 aromatic heterocycles. The van der Waals surface area contributed by atoms with Crippen LogP contribution in [0.15, 0.2) is 34.1 Å². The van der Waals surface area contributed by atoms with Crippen LogP contribution in [0, 0.1) is 0 Å². The van der Waals surface area contributed by atoms with E-state index in [-0.39, 0.29) is 0 Å². The molecule has 0 fully saturated rings. The molecule has 12 heavy (non-hydrogen) atoms. The Morgan fingerprint density at radius 3 is 2.00 bits per heavy atom. The third kappa shape index (κ3) is 0.998. The molecular formula is C10H12O2. The lowest BCUT2D eigenvalue weighted by Crippen LogP contribution is -1.88.